The van der Waals surface area contributed by atoms with Crippen LogP contribution in [0.1, 0.15) is 50.2 Å². The van der Waals surface area contributed by atoms with Gasteiger partial charge in [-0.1, -0.05) is 38.1 Å². The van der Waals surface area contributed by atoms with Crippen LogP contribution in [0.15, 0.2) is 42.5 Å². The summed E-state index contributed by atoms with van der Waals surface area (Å²) in [5, 5.41) is 21.4. The summed E-state index contributed by atoms with van der Waals surface area (Å²) in [6.45, 7) is 5.48. The zero-order chi connectivity index (χ0) is 27.8. The van der Waals surface area contributed by atoms with E-state index in [0.717, 1.165) is 18.4 Å². The molecule has 2 heterocycles. The second-order valence-electron chi connectivity index (χ2n) is 9.81. The van der Waals surface area contributed by atoms with Crippen molar-refractivity contribution >= 4 is 11.9 Å². The summed E-state index contributed by atoms with van der Waals surface area (Å²) in [7, 11) is 0. The Morgan fingerprint density at radius 1 is 1.08 bits per heavy atom. The molecule has 0 spiro atoms. The van der Waals surface area contributed by atoms with E-state index in [-0.39, 0.29) is 38.4 Å². The predicted molar refractivity (Wildman–Crippen MR) is 143 cm³/mol. The number of carbonyl (C=O) groups is 2. The number of amides is 1. The molecule has 1 fully saturated rings. The van der Waals surface area contributed by atoms with Gasteiger partial charge in [-0.2, -0.15) is 0 Å². The number of para-hydroxylation sites is 1. The van der Waals surface area contributed by atoms with Crippen molar-refractivity contribution in [2.75, 3.05) is 39.6 Å². The van der Waals surface area contributed by atoms with E-state index in [1.165, 1.54) is 5.06 Å². The number of carboxylic acid groups (broad SMARTS) is 1. The number of aliphatic carboxylic acids is 1. The fourth-order valence-corrected chi connectivity index (χ4v) is 5.32. The highest BCUT2D eigenvalue weighted by Gasteiger charge is 2.47. The Kier molecular flexibility index (Phi) is 10.0. The number of likely N-dealkylation sites (tertiary alicyclic amines) is 1. The summed E-state index contributed by atoms with van der Waals surface area (Å²) < 4.78 is 17.0. The minimum absolute atomic E-state index is 0.0342. The van der Waals surface area contributed by atoms with E-state index in [2.05, 4.69) is 0 Å². The molecule has 39 heavy (non-hydrogen) atoms. The summed E-state index contributed by atoms with van der Waals surface area (Å²) >= 11 is 0. The van der Waals surface area contributed by atoms with Gasteiger partial charge in [0.2, 0.25) is 6.79 Å². The van der Waals surface area contributed by atoms with Crippen LogP contribution in [-0.2, 0) is 21.0 Å². The van der Waals surface area contributed by atoms with Crippen LogP contribution >= 0.6 is 0 Å². The summed E-state index contributed by atoms with van der Waals surface area (Å²) in [5.41, 5.74) is 1.48. The van der Waals surface area contributed by atoms with Gasteiger partial charge in [0.05, 0.1) is 32.3 Å². The normalized spacial score (nSPS) is 20.2. The number of rotatable bonds is 14. The third kappa shape index (κ3) is 6.81. The van der Waals surface area contributed by atoms with Crippen molar-refractivity contribution in [3.05, 3.63) is 53.6 Å². The minimum Gasteiger partial charge on any atom is -0.493 e. The molecule has 0 radical (unpaired) electrons. The Balaban J connectivity index is 1.57. The van der Waals surface area contributed by atoms with E-state index in [0.29, 0.717) is 48.9 Å². The third-order valence-electron chi connectivity index (χ3n) is 7.17. The van der Waals surface area contributed by atoms with Gasteiger partial charge in [0.25, 0.3) is 5.91 Å². The van der Waals surface area contributed by atoms with Gasteiger partial charge in [0.1, 0.15) is 5.75 Å². The first kappa shape index (κ1) is 28.7. The number of ether oxygens (including phenoxy) is 3. The SMILES string of the molecule is CCCON(CCC)C(=O)CN1C[C@H](c2ccc3c(c2)OCO3)[C@@H](C(=O)O)[C@@H]1CCOc1ccccc1CO. The van der Waals surface area contributed by atoms with Gasteiger partial charge in [-0.25, -0.2) is 5.06 Å². The van der Waals surface area contributed by atoms with Crippen LogP contribution in [0.4, 0.5) is 0 Å². The number of hydrogen-bond donors (Lipinski definition) is 2. The van der Waals surface area contributed by atoms with Crippen LogP contribution < -0.4 is 14.2 Å². The van der Waals surface area contributed by atoms with Crippen LogP contribution in [0.2, 0.25) is 0 Å². The summed E-state index contributed by atoms with van der Waals surface area (Å²) in [6, 6.07) is 12.3. The highest BCUT2D eigenvalue weighted by molar-refractivity contribution is 5.78. The molecule has 10 heteroatoms. The molecule has 0 bridgehead atoms. The van der Waals surface area contributed by atoms with E-state index in [1.54, 1.807) is 18.2 Å². The predicted octanol–water partition coefficient (Wildman–Crippen LogP) is 3.43. The first-order valence-electron chi connectivity index (χ1n) is 13.6. The number of benzene rings is 2. The van der Waals surface area contributed by atoms with Gasteiger partial charge >= 0.3 is 5.97 Å². The van der Waals surface area contributed by atoms with Crippen molar-refractivity contribution in [1.29, 1.82) is 0 Å². The van der Waals surface area contributed by atoms with Gasteiger partial charge < -0.3 is 24.4 Å². The van der Waals surface area contributed by atoms with E-state index >= 15 is 0 Å². The number of aliphatic hydroxyl groups excluding tert-OH is 1. The standard InChI is InChI=1S/C29H38N2O8/c1-3-12-31(39-13-4-2)27(33)17-30-16-22(20-9-10-25-26(15-20)38-19-37-25)28(29(34)35)23(30)11-14-36-24-8-6-5-7-21(24)18-32/h5-10,15,22-23,28,32H,3-4,11-14,16-19H2,1-2H3,(H,34,35)/t22-,23+,28-/m1/s1. The smallest absolute Gasteiger partial charge is 0.308 e. The van der Waals surface area contributed by atoms with E-state index in [1.807, 2.05) is 43.0 Å². The largest absolute Gasteiger partial charge is 0.493 e. The van der Waals surface area contributed by atoms with E-state index < -0.39 is 17.9 Å². The maximum absolute atomic E-state index is 13.3. The van der Waals surface area contributed by atoms with Gasteiger partial charge in [-0.05, 0) is 43.0 Å². The fraction of sp³-hybridized carbons (Fsp3) is 0.517. The molecule has 10 nitrogen and oxygen atoms in total. The number of carboxylic acids is 1. The van der Waals surface area contributed by atoms with E-state index in [4.69, 9.17) is 19.0 Å². The number of hydroxylamine groups is 2. The molecule has 0 unspecified atom stereocenters. The zero-order valence-corrected chi connectivity index (χ0v) is 22.6. The van der Waals surface area contributed by atoms with Gasteiger partial charge in [0.15, 0.2) is 11.5 Å². The molecule has 2 aliphatic heterocycles. The topological polar surface area (TPSA) is 118 Å². The van der Waals surface area contributed by atoms with Crippen molar-refractivity contribution < 1.29 is 38.9 Å². The average Bonchev–Trinajstić information content (AvgIpc) is 3.55. The molecule has 2 aromatic rings. The summed E-state index contributed by atoms with van der Waals surface area (Å²) in [6.07, 6.45) is 1.91. The zero-order valence-electron chi connectivity index (χ0n) is 22.6. The maximum Gasteiger partial charge on any atom is 0.308 e. The molecule has 2 aromatic carbocycles. The Morgan fingerprint density at radius 3 is 2.62 bits per heavy atom. The molecule has 2 N–H and O–H groups in total. The van der Waals surface area contributed by atoms with Crippen LogP contribution in [0.3, 0.4) is 0 Å². The molecule has 0 aliphatic carbocycles. The molecule has 2 aliphatic rings. The molecule has 0 saturated carbocycles. The first-order chi connectivity index (χ1) is 19.0. The lowest BCUT2D eigenvalue weighted by molar-refractivity contribution is -0.188. The molecular weight excluding hydrogens is 504 g/mol. The monoisotopic (exact) mass is 542 g/mol. The molecule has 3 atom stereocenters. The number of nitrogens with zero attached hydrogens (tertiary/aromatic N) is 2. The Labute approximate surface area is 229 Å². The molecule has 4 rings (SSSR count). The van der Waals surface area contributed by atoms with Gasteiger partial charge in [-0.15, -0.1) is 0 Å². The number of aliphatic hydroxyl groups is 1. The number of fused-ring (bicyclic) bond motifs is 1. The summed E-state index contributed by atoms with van der Waals surface area (Å²) in [4.78, 5) is 33.6. The Bertz CT molecular complexity index is 1130. The second-order valence-corrected chi connectivity index (χ2v) is 9.81. The average molecular weight is 543 g/mol. The van der Waals surface area contributed by atoms with Crippen molar-refractivity contribution in [3.8, 4) is 17.2 Å². The Hall–Kier alpha value is -3.34. The highest BCUT2D eigenvalue weighted by atomic mass is 16.7. The van der Waals surface area contributed by atoms with Crippen molar-refractivity contribution in [2.45, 2.75) is 51.7 Å². The van der Waals surface area contributed by atoms with Crippen LogP contribution in [0.25, 0.3) is 0 Å². The van der Waals surface area contributed by atoms with Crippen LogP contribution in [0, 0.1) is 5.92 Å². The molecule has 1 amide bonds. The summed E-state index contributed by atoms with van der Waals surface area (Å²) in [5.74, 6) is -0.484. The highest BCUT2D eigenvalue weighted by Crippen LogP contribution is 2.42. The second kappa shape index (κ2) is 13.6. The van der Waals surface area contributed by atoms with Gasteiger partial charge in [0, 0.05) is 30.6 Å². The Morgan fingerprint density at radius 2 is 1.87 bits per heavy atom. The molecule has 0 aromatic heterocycles. The van der Waals surface area contributed by atoms with Crippen molar-refractivity contribution in [1.82, 2.24) is 9.96 Å². The molecular formula is C29H38N2O8. The minimum atomic E-state index is -0.930. The number of carbonyl (C=O) groups excluding carboxylic acids is 1. The fourth-order valence-electron chi connectivity index (χ4n) is 5.32. The lowest BCUT2D eigenvalue weighted by Crippen LogP contribution is -2.45. The number of hydrogen-bond acceptors (Lipinski definition) is 8. The van der Waals surface area contributed by atoms with Gasteiger partial charge in [-0.3, -0.25) is 19.3 Å². The lowest BCUT2D eigenvalue weighted by Gasteiger charge is -2.29. The quantitative estimate of drug-likeness (QED) is 0.346. The molecule has 1 saturated heterocycles. The van der Waals surface area contributed by atoms with E-state index in [9.17, 15) is 19.8 Å². The van der Waals surface area contributed by atoms with Crippen molar-refractivity contribution in [2.24, 2.45) is 5.92 Å². The lowest BCUT2D eigenvalue weighted by atomic mass is 9.84. The first-order valence-corrected chi connectivity index (χ1v) is 13.6. The third-order valence-corrected chi connectivity index (χ3v) is 7.17. The van der Waals surface area contributed by atoms with Crippen LogP contribution in [0.5, 0.6) is 17.2 Å². The van der Waals surface area contributed by atoms with Crippen molar-refractivity contribution in [3.63, 3.8) is 0 Å². The van der Waals surface area contributed by atoms with Crippen LogP contribution in [-0.4, -0.2) is 77.7 Å². The molecule has 212 valence electrons. The maximum atomic E-state index is 13.3.